The van der Waals surface area contributed by atoms with Gasteiger partial charge >= 0.3 is 0 Å². The van der Waals surface area contributed by atoms with Gasteiger partial charge in [-0.25, -0.2) is 4.98 Å². The summed E-state index contributed by atoms with van der Waals surface area (Å²) in [6, 6.07) is 15.8. The minimum atomic E-state index is -0.0366. The molecule has 1 aliphatic heterocycles. The van der Waals surface area contributed by atoms with Gasteiger partial charge in [0, 0.05) is 40.6 Å². The fourth-order valence-electron chi connectivity index (χ4n) is 3.69. The molecule has 0 spiro atoms. The summed E-state index contributed by atoms with van der Waals surface area (Å²) in [6.07, 6.45) is 4.54. The number of pyridine rings is 2. The van der Waals surface area contributed by atoms with Gasteiger partial charge in [0.15, 0.2) is 0 Å². The van der Waals surface area contributed by atoms with Crippen LogP contribution in [0.3, 0.4) is 0 Å². The van der Waals surface area contributed by atoms with Gasteiger partial charge in [0.2, 0.25) is 0 Å². The van der Waals surface area contributed by atoms with E-state index in [1.54, 1.807) is 10.8 Å². The van der Waals surface area contributed by atoms with Gasteiger partial charge in [-0.2, -0.15) is 0 Å². The summed E-state index contributed by atoms with van der Waals surface area (Å²) in [7, 11) is 0. The van der Waals surface area contributed by atoms with Crippen LogP contribution in [-0.4, -0.2) is 28.7 Å². The fourth-order valence-corrected chi connectivity index (χ4v) is 4.91. The molecule has 0 aliphatic carbocycles. The van der Waals surface area contributed by atoms with Crippen LogP contribution in [-0.2, 0) is 0 Å². The average molecular weight is 459 g/mol. The number of halogens is 2. The van der Waals surface area contributed by atoms with Gasteiger partial charge in [-0.1, -0.05) is 23.7 Å². The second-order valence-electron chi connectivity index (χ2n) is 7.26. The number of hydrogen-bond acceptors (Lipinski definition) is 5. The number of rotatable bonds is 3. The molecule has 0 unspecified atom stereocenters. The maximum atomic E-state index is 13.1. The number of benzene rings is 1. The number of thiophene rings is 1. The molecule has 2 N–H and O–H groups in total. The highest BCUT2D eigenvalue weighted by molar-refractivity contribution is 7.22. The Balaban J connectivity index is 0.00000218. The van der Waals surface area contributed by atoms with Gasteiger partial charge in [0.05, 0.1) is 11.9 Å². The van der Waals surface area contributed by atoms with Gasteiger partial charge in [-0.05, 0) is 48.4 Å². The third-order valence-corrected chi connectivity index (χ3v) is 6.70. The number of nitrogens with zero attached hydrogens (tertiary/aromatic N) is 3. The van der Waals surface area contributed by atoms with Crippen molar-refractivity contribution in [2.24, 2.45) is 5.73 Å². The largest absolute Gasteiger partial charge is 0.355 e. The standard InChI is InChI=1S/C22H19ClN4OS.ClH/c23-16-3-1-14(2-4-16)19-11-15-7-10-27(22(28)21(15)29-19)18-5-6-20(25-12-18)26-9-8-17(24)13-26;/h1-7,10-12,17H,8-9,13,24H2;1H/t17-;/m1./s1. The van der Waals surface area contributed by atoms with Crippen LogP contribution < -0.4 is 16.2 Å². The molecule has 154 valence electrons. The molecule has 1 aromatic carbocycles. The van der Waals surface area contributed by atoms with E-state index in [4.69, 9.17) is 17.3 Å². The smallest absolute Gasteiger partial charge is 0.273 e. The lowest BCUT2D eigenvalue weighted by Gasteiger charge is -2.17. The number of hydrogen-bond donors (Lipinski definition) is 1. The molecular weight excluding hydrogens is 439 g/mol. The maximum Gasteiger partial charge on any atom is 0.273 e. The number of anilines is 1. The Kier molecular flexibility index (Phi) is 5.84. The van der Waals surface area contributed by atoms with Gasteiger partial charge in [-0.15, -0.1) is 23.7 Å². The van der Waals surface area contributed by atoms with E-state index < -0.39 is 0 Å². The number of fused-ring (bicyclic) bond motifs is 1. The van der Waals surface area contributed by atoms with E-state index in [-0.39, 0.29) is 24.0 Å². The molecule has 1 saturated heterocycles. The molecule has 30 heavy (non-hydrogen) atoms. The Bertz CT molecular complexity index is 1230. The van der Waals surface area contributed by atoms with Crippen LogP contribution in [0.5, 0.6) is 0 Å². The van der Waals surface area contributed by atoms with Crippen molar-refractivity contribution < 1.29 is 0 Å². The molecule has 0 bridgehead atoms. The minimum absolute atomic E-state index is 0. The van der Waals surface area contributed by atoms with E-state index in [2.05, 4.69) is 9.88 Å². The lowest BCUT2D eigenvalue weighted by atomic mass is 10.2. The van der Waals surface area contributed by atoms with Gasteiger partial charge in [0.25, 0.3) is 5.56 Å². The van der Waals surface area contributed by atoms with Crippen molar-refractivity contribution in [1.29, 1.82) is 0 Å². The molecule has 0 radical (unpaired) electrons. The third kappa shape index (κ3) is 3.84. The lowest BCUT2D eigenvalue weighted by Crippen LogP contribution is -2.26. The van der Waals surface area contributed by atoms with Crippen molar-refractivity contribution in [3.63, 3.8) is 0 Å². The van der Waals surface area contributed by atoms with Crippen molar-refractivity contribution >= 4 is 51.2 Å². The van der Waals surface area contributed by atoms with E-state index in [1.165, 1.54) is 11.3 Å². The van der Waals surface area contributed by atoms with Crippen molar-refractivity contribution in [2.45, 2.75) is 12.5 Å². The normalized spacial score (nSPS) is 16.1. The molecule has 5 rings (SSSR count). The predicted octanol–water partition coefficient (Wildman–Crippen LogP) is 4.73. The van der Waals surface area contributed by atoms with Crippen molar-refractivity contribution in [3.05, 3.63) is 76.3 Å². The highest BCUT2D eigenvalue weighted by atomic mass is 35.5. The summed E-state index contributed by atoms with van der Waals surface area (Å²) in [5, 5.41) is 1.64. The molecule has 4 heterocycles. The Morgan fingerprint density at radius 2 is 1.93 bits per heavy atom. The van der Waals surface area contributed by atoms with Crippen LogP contribution in [0, 0.1) is 0 Å². The topological polar surface area (TPSA) is 64.2 Å². The summed E-state index contributed by atoms with van der Waals surface area (Å²) in [5.74, 6) is 0.900. The molecule has 1 aliphatic rings. The monoisotopic (exact) mass is 458 g/mol. The molecule has 1 fully saturated rings. The van der Waals surface area contributed by atoms with Crippen molar-refractivity contribution in [1.82, 2.24) is 9.55 Å². The highest BCUT2D eigenvalue weighted by Gasteiger charge is 2.20. The maximum absolute atomic E-state index is 13.1. The van der Waals surface area contributed by atoms with E-state index in [9.17, 15) is 4.79 Å². The minimum Gasteiger partial charge on any atom is -0.355 e. The second kappa shape index (κ2) is 8.40. The molecule has 8 heteroatoms. The van der Waals surface area contributed by atoms with Crippen LogP contribution in [0.2, 0.25) is 5.02 Å². The molecule has 0 saturated carbocycles. The van der Waals surface area contributed by atoms with E-state index >= 15 is 0 Å². The zero-order chi connectivity index (χ0) is 20.0. The fraction of sp³-hybridized carbons (Fsp3) is 0.182. The summed E-state index contributed by atoms with van der Waals surface area (Å²) >= 11 is 7.48. The van der Waals surface area contributed by atoms with Crippen LogP contribution in [0.4, 0.5) is 5.82 Å². The van der Waals surface area contributed by atoms with Gasteiger partial charge < -0.3 is 10.6 Å². The average Bonchev–Trinajstić information content (AvgIpc) is 3.36. The zero-order valence-electron chi connectivity index (χ0n) is 16.0. The lowest BCUT2D eigenvalue weighted by molar-refractivity contribution is 0.751. The summed E-state index contributed by atoms with van der Waals surface area (Å²) < 4.78 is 2.38. The Labute approximate surface area is 189 Å². The Morgan fingerprint density at radius 3 is 2.60 bits per heavy atom. The third-order valence-electron chi connectivity index (χ3n) is 5.26. The number of aromatic nitrogens is 2. The summed E-state index contributed by atoms with van der Waals surface area (Å²) in [4.78, 5) is 20.9. The van der Waals surface area contributed by atoms with E-state index in [0.717, 1.165) is 51.5 Å². The second-order valence-corrected chi connectivity index (χ2v) is 8.75. The summed E-state index contributed by atoms with van der Waals surface area (Å²) in [6.45, 7) is 1.74. The van der Waals surface area contributed by atoms with Crippen molar-refractivity contribution in [2.75, 3.05) is 18.0 Å². The zero-order valence-corrected chi connectivity index (χ0v) is 18.4. The SMILES string of the molecule is Cl.N[C@@H]1CCN(c2ccc(-n3ccc4cc(-c5ccc(Cl)cc5)sc4c3=O)cn2)C1. The highest BCUT2D eigenvalue weighted by Crippen LogP contribution is 2.32. The Hall–Kier alpha value is -2.38. The first kappa shape index (κ1) is 20.9. The van der Waals surface area contributed by atoms with Crippen LogP contribution >= 0.6 is 35.3 Å². The molecular formula is C22H20Cl2N4OS. The van der Waals surface area contributed by atoms with Crippen molar-refractivity contribution in [3.8, 4) is 16.1 Å². The molecule has 3 aromatic heterocycles. The first-order valence-corrected chi connectivity index (χ1v) is 10.7. The van der Waals surface area contributed by atoms with Gasteiger partial charge in [-0.3, -0.25) is 9.36 Å². The summed E-state index contributed by atoms with van der Waals surface area (Å²) in [5.41, 5.74) is 7.76. The quantitative estimate of drug-likeness (QED) is 0.481. The number of nitrogens with two attached hydrogens (primary N) is 1. The Morgan fingerprint density at radius 1 is 1.13 bits per heavy atom. The molecule has 1 atom stereocenters. The van der Waals surface area contributed by atoms with E-state index in [0.29, 0.717) is 5.02 Å². The molecule has 0 amide bonds. The first-order chi connectivity index (χ1) is 14.1. The molecule has 4 aromatic rings. The van der Waals surface area contributed by atoms with Crippen LogP contribution in [0.1, 0.15) is 6.42 Å². The molecule has 5 nitrogen and oxygen atoms in total. The first-order valence-electron chi connectivity index (χ1n) is 9.46. The predicted molar refractivity (Wildman–Crippen MR) is 128 cm³/mol. The van der Waals surface area contributed by atoms with Crippen LogP contribution in [0.25, 0.3) is 26.2 Å². The van der Waals surface area contributed by atoms with Gasteiger partial charge in [0.1, 0.15) is 10.5 Å². The van der Waals surface area contributed by atoms with Crippen LogP contribution in [0.15, 0.2) is 65.7 Å². The van der Waals surface area contributed by atoms with E-state index in [1.807, 2.05) is 54.7 Å².